The van der Waals surface area contributed by atoms with Crippen LogP contribution in [-0.4, -0.2) is 5.54 Å². The number of nitrogens with one attached hydrogen (secondary N) is 1. The Bertz CT molecular complexity index is 316. The lowest BCUT2D eigenvalue weighted by atomic mass is 9.96. The van der Waals surface area contributed by atoms with E-state index in [4.69, 9.17) is 0 Å². The molecule has 0 fully saturated rings. The van der Waals surface area contributed by atoms with E-state index < -0.39 is 0 Å². The van der Waals surface area contributed by atoms with Crippen LogP contribution in [0.5, 0.6) is 0 Å². The molecular weight excluding hydrogens is 262 g/mol. The summed E-state index contributed by atoms with van der Waals surface area (Å²) >= 11 is 3.47. The molecule has 16 heavy (non-hydrogen) atoms. The van der Waals surface area contributed by atoms with Crippen molar-refractivity contribution in [1.82, 2.24) is 5.32 Å². The average molecular weight is 284 g/mol. The van der Waals surface area contributed by atoms with E-state index in [0.29, 0.717) is 6.04 Å². The molecule has 1 atom stereocenters. The van der Waals surface area contributed by atoms with Crippen LogP contribution in [0, 0.1) is 0 Å². The first-order valence-electron chi connectivity index (χ1n) is 6.01. The Morgan fingerprint density at radius 2 is 1.75 bits per heavy atom. The van der Waals surface area contributed by atoms with Crippen molar-refractivity contribution >= 4 is 15.9 Å². The monoisotopic (exact) mass is 283 g/mol. The highest BCUT2D eigenvalue weighted by atomic mass is 79.9. The second-order valence-electron chi connectivity index (χ2n) is 4.89. The second-order valence-corrected chi connectivity index (χ2v) is 5.81. The smallest absolute Gasteiger partial charge is 0.0322 e. The molecule has 2 heteroatoms. The van der Waals surface area contributed by atoms with E-state index in [1.807, 2.05) is 0 Å². The van der Waals surface area contributed by atoms with Gasteiger partial charge >= 0.3 is 0 Å². The van der Waals surface area contributed by atoms with Crippen LogP contribution in [0.15, 0.2) is 28.7 Å². The molecule has 1 nitrogen and oxygen atoms in total. The topological polar surface area (TPSA) is 12.0 Å². The molecule has 0 saturated heterocycles. The van der Waals surface area contributed by atoms with Crippen LogP contribution in [0.2, 0.25) is 0 Å². The summed E-state index contributed by atoms with van der Waals surface area (Å²) in [5.41, 5.74) is 1.57. The summed E-state index contributed by atoms with van der Waals surface area (Å²) in [5, 5.41) is 3.71. The fourth-order valence-corrected chi connectivity index (χ4v) is 1.95. The summed E-state index contributed by atoms with van der Waals surface area (Å²) in [6.45, 7) is 8.97. The Balaban J connectivity index is 2.78. The van der Waals surface area contributed by atoms with Crippen LogP contribution in [0.3, 0.4) is 0 Å². The molecule has 0 amide bonds. The van der Waals surface area contributed by atoms with Crippen molar-refractivity contribution in [1.29, 1.82) is 0 Å². The van der Waals surface area contributed by atoms with E-state index in [2.05, 4.69) is 73.2 Å². The molecule has 0 bridgehead atoms. The van der Waals surface area contributed by atoms with Gasteiger partial charge in [0.05, 0.1) is 0 Å². The third-order valence-corrected chi connectivity index (χ3v) is 3.66. The highest BCUT2D eigenvalue weighted by Crippen LogP contribution is 2.23. The van der Waals surface area contributed by atoms with Gasteiger partial charge in [0, 0.05) is 16.1 Å². The number of hydrogen-bond donors (Lipinski definition) is 1. The summed E-state index contributed by atoms with van der Waals surface area (Å²) in [6, 6.07) is 9.05. The van der Waals surface area contributed by atoms with E-state index in [9.17, 15) is 0 Å². The molecule has 1 unspecified atom stereocenters. The van der Waals surface area contributed by atoms with Crippen LogP contribution < -0.4 is 5.32 Å². The molecule has 0 aliphatic rings. The van der Waals surface area contributed by atoms with Gasteiger partial charge in [-0.3, -0.25) is 0 Å². The highest BCUT2D eigenvalue weighted by molar-refractivity contribution is 9.10. The highest BCUT2D eigenvalue weighted by Gasteiger charge is 2.19. The Hall–Kier alpha value is -0.340. The maximum atomic E-state index is 3.71. The Labute approximate surface area is 108 Å². The molecule has 0 saturated carbocycles. The van der Waals surface area contributed by atoms with Crippen LogP contribution in [0.1, 0.15) is 52.1 Å². The van der Waals surface area contributed by atoms with Gasteiger partial charge in [0.25, 0.3) is 0 Å². The van der Waals surface area contributed by atoms with Crippen molar-refractivity contribution in [2.75, 3.05) is 0 Å². The van der Waals surface area contributed by atoms with Crippen LogP contribution in [-0.2, 0) is 0 Å². The predicted octanol–water partition coefficient (Wildman–Crippen LogP) is 4.68. The van der Waals surface area contributed by atoms with E-state index >= 15 is 0 Å². The minimum absolute atomic E-state index is 0.202. The van der Waals surface area contributed by atoms with Gasteiger partial charge in [0.1, 0.15) is 0 Å². The first-order valence-corrected chi connectivity index (χ1v) is 6.81. The van der Waals surface area contributed by atoms with Gasteiger partial charge in [-0.2, -0.15) is 0 Å². The van der Waals surface area contributed by atoms with Crippen molar-refractivity contribution in [3.63, 3.8) is 0 Å². The molecule has 0 aliphatic heterocycles. The maximum absolute atomic E-state index is 3.71. The van der Waals surface area contributed by atoms with Crippen molar-refractivity contribution in [3.8, 4) is 0 Å². The zero-order chi connectivity index (χ0) is 12.2. The van der Waals surface area contributed by atoms with Crippen LogP contribution >= 0.6 is 15.9 Å². The van der Waals surface area contributed by atoms with E-state index in [1.165, 1.54) is 5.56 Å². The van der Waals surface area contributed by atoms with Crippen molar-refractivity contribution in [2.24, 2.45) is 0 Å². The molecule has 1 aromatic carbocycles. The van der Waals surface area contributed by atoms with Gasteiger partial charge in [-0.05, 0) is 44.4 Å². The predicted molar refractivity (Wildman–Crippen MR) is 74.7 cm³/mol. The van der Waals surface area contributed by atoms with Crippen LogP contribution in [0.25, 0.3) is 0 Å². The fourth-order valence-electron chi connectivity index (χ4n) is 1.69. The standard InChI is InChI=1S/C14H22BrN/c1-5-13(16-14(3,4)6-2)11-7-9-12(15)10-8-11/h7-10,13,16H,5-6H2,1-4H3. The maximum Gasteiger partial charge on any atom is 0.0322 e. The van der Waals surface area contributed by atoms with Gasteiger partial charge in [-0.1, -0.05) is 41.9 Å². The van der Waals surface area contributed by atoms with Gasteiger partial charge < -0.3 is 5.32 Å². The molecule has 90 valence electrons. The lowest BCUT2D eigenvalue weighted by molar-refractivity contribution is 0.321. The third kappa shape index (κ3) is 3.91. The molecule has 0 radical (unpaired) electrons. The number of benzene rings is 1. The fraction of sp³-hybridized carbons (Fsp3) is 0.571. The van der Waals surface area contributed by atoms with Crippen molar-refractivity contribution in [3.05, 3.63) is 34.3 Å². The van der Waals surface area contributed by atoms with Crippen molar-refractivity contribution < 1.29 is 0 Å². The summed E-state index contributed by atoms with van der Waals surface area (Å²) in [4.78, 5) is 0. The lowest BCUT2D eigenvalue weighted by Crippen LogP contribution is -2.40. The second kappa shape index (κ2) is 5.83. The lowest BCUT2D eigenvalue weighted by Gasteiger charge is -2.31. The third-order valence-electron chi connectivity index (χ3n) is 3.13. The SMILES string of the molecule is CCC(NC(C)(C)CC)c1ccc(Br)cc1. The Morgan fingerprint density at radius 1 is 1.19 bits per heavy atom. The van der Waals surface area contributed by atoms with Gasteiger partial charge in [-0.15, -0.1) is 0 Å². The summed E-state index contributed by atoms with van der Waals surface area (Å²) in [5.74, 6) is 0. The summed E-state index contributed by atoms with van der Waals surface area (Å²) < 4.78 is 1.14. The quantitative estimate of drug-likeness (QED) is 0.828. The summed E-state index contributed by atoms with van der Waals surface area (Å²) in [6.07, 6.45) is 2.26. The molecule has 0 spiro atoms. The largest absolute Gasteiger partial charge is 0.305 e. The van der Waals surface area contributed by atoms with E-state index in [0.717, 1.165) is 17.3 Å². The molecular formula is C14H22BrN. The molecule has 0 aromatic heterocycles. The zero-order valence-electron chi connectivity index (χ0n) is 10.7. The summed E-state index contributed by atoms with van der Waals surface area (Å²) in [7, 11) is 0. The van der Waals surface area contributed by atoms with Gasteiger partial charge in [0.2, 0.25) is 0 Å². The van der Waals surface area contributed by atoms with Gasteiger partial charge in [0.15, 0.2) is 0 Å². The van der Waals surface area contributed by atoms with E-state index in [1.54, 1.807) is 0 Å². The normalized spacial score (nSPS) is 13.8. The zero-order valence-corrected chi connectivity index (χ0v) is 12.3. The minimum Gasteiger partial charge on any atom is -0.305 e. The van der Waals surface area contributed by atoms with Crippen LogP contribution in [0.4, 0.5) is 0 Å². The minimum atomic E-state index is 0.202. The molecule has 1 rings (SSSR count). The van der Waals surface area contributed by atoms with Gasteiger partial charge in [-0.25, -0.2) is 0 Å². The average Bonchev–Trinajstić information content (AvgIpc) is 2.27. The Kier molecular flexibility index (Phi) is 5.00. The first-order chi connectivity index (χ1) is 7.48. The number of rotatable bonds is 5. The number of hydrogen-bond acceptors (Lipinski definition) is 1. The van der Waals surface area contributed by atoms with E-state index in [-0.39, 0.29) is 5.54 Å². The number of halogens is 1. The first kappa shape index (κ1) is 13.7. The van der Waals surface area contributed by atoms with Crippen molar-refractivity contribution in [2.45, 2.75) is 52.1 Å². The molecule has 0 aliphatic carbocycles. The Morgan fingerprint density at radius 3 is 2.19 bits per heavy atom. The molecule has 0 heterocycles. The molecule has 1 aromatic rings. The molecule has 1 N–H and O–H groups in total.